The van der Waals surface area contributed by atoms with E-state index in [2.05, 4.69) is 62.5 Å². The molecule has 0 spiro atoms. The quantitative estimate of drug-likeness (QED) is 0.653. The molecule has 130 valence electrons. The minimum Gasteiger partial charge on any atom is -0.489 e. The molecule has 0 aliphatic rings. The first-order valence-corrected chi connectivity index (χ1v) is 8.73. The highest BCUT2D eigenvalue weighted by Crippen LogP contribution is 2.14. The van der Waals surface area contributed by atoms with Crippen LogP contribution in [0.25, 0.3) is 0 Å². The van der Waals surface area contributed by atoms with Crippen molar-refractivity contribution >= 4 is 0 Å². The van der Waals surface area contributed by atoms with Crippen molar-refractivity contribution in [2.75, 3.05) is 13.2 Å². The SMILES string of the molecule is Cc1cccc(COc2ccc(CNCCCOC(C)C)cc2)c1. The number of nitrogens with one attached hydrogen (secondary N) is 1. The van der Waals surface area contributed by atoms with E-state index in [4.69, 9.17) is 9.47 Å². The van der Waals surface area contributed by atoms with Crippen LogP contribution in [0.1, 0.15) is 37.0 Å². The fourth-order valence-electron chi connectivity index (χ4n) is 2.42. The molecule has 0 amide bonds. The monoisotopic (exact) mass is 327 g/mol. The van der Waals surface area contributed by atoms with Crippen molar-refractivity contribution in [2.24, 2.45) is 0 Å². The molecule has 0 fully saturated rings. The number of aryl methyl sites for hydroxylation is 1. The van der Waals surface area contributed by atoms with Gasteiger partial charge >= 0.3 is 0 Å². The van der Waals surface area contributed by atoms with Crippen molar-refractivity contribution in [2.45, 2.75) is 46.4 Å². The third-order valence-corrected chi connectivity index (χ3v) is 3.69. The van der Waals surface area contributed by atoms with E-state index >= 15 is 0 Å². The van der Waals surface area contributed by atoms with Crippen molar-refractivity contribution in [3.05, 3.63) is 65.2 Å². The summed E-state index contributed by atoms with van der Waals surface area (Å²) in [5.41, 5.74) is 3.73. The molecule has 0 radical (unpaired) electrons. The summed E-state index contributed by atoms with van der Waals surface area (Å²) in [6.45, 7) is 9.50. The molecule has 0 aromatic heterocycles. The molecule has 0 atom stereocenters. The number of hydrogen-bond acceptors (Lipinski definition) is 3. The van der Waals surface area contributed by atoms with Crippen molar-refractivity contribution in [3.63, 3.8) is 0 Å². The number of hydrogen-bond donors (Lipinski definition) is 1. The van der Waals surface area contributed by atoms with Crippen molar-refractivity contribution < 1.29 is 9.47 Å². The molecule has 0 saturated carbocycles. The lowest BCUT2D eigenvalue weighted by atomic mass is 10.1. The molecule has 0 aliphatic carbocycles. The first-order valence-electron chi connectivity index (χ1n) is 8.73. The van der Waals surface area contributed by atoms with Crippen LogP contribution in [0.15, 0.2) is 48.5 Å². The van der Waals surface area contributed by atoms with E-state index < -0.39 is 0 Å². The van der Waals surface area contributed by atoms with Gasteiger partial charge in [0.25, 0.3) is 0 Å². The average Bonchev–Trinajstić information content (AvgIpc) is 2.57. The van der Waals surface area contributed by atoms with E-state index in [1.165, 1.54) is 16.7 Å². The Balaban J connectivity index is 1.67. The molecule has 1 N–H and O–H groups in total. The highest BCUT2D eigenvalue weighted by Gasteiger charge is 1.98. The minimum atomic E-state index is 0.317. The molecule has 2 aromatic carbocycles. The van der Waals surface area contributed by atoms with Crippen LogP contribution < -0.4 is 10.1 Å². The predicted molar refractivity (Wildman–Crippen MR) is 99.4 cm³/mol. The largest absolute Gasteiger partial charge is 0.489 e. The van der Waals surface area contributed by atoms with Crippen LogP contribution in [-0.4, -0.2) is 19.3 Å². The Morgan fingerprint density at radius 1 is 1.00 bits per heavy atom. The van der Waals surface area contributed by atoms with Gasteiger partial charge < -0.3 is 14.8 Å². The lowest BCUT2D eigenvalue weighted by Crippen LogP contribution is -2.17. The van der Waals surface area contributed by atoms with Gasteiger partial charge in [-0.25, -0.2) is 0 Å². The zero-order valence-corrected chi connectivity index (χ0v) is 15.0. The summed E-state index contributed by atoms with van der Waals surface area (Å²) in [6, 6.07) is 16.7. The van der Waals surface area contributed by atoms with Crippen LogP contribution in [-0.2, 0) is 17.9 Å². The predicted octanol–water partition coefficient (Wildman–Crippen LogP) is 4.48. The lowest BCUT2D eigenvalue weighted by molar-refractivity contribution is 0.0770. The van der Waals surface area contributed by atoms with Crippen LogP contribution in [0.4, 0.5) is 0 Å². The summed E-state index contributed by atoms with van der Waals surface area (Å²) in [4.78, 5) is 0. The molecule has 2 aromatic rings. The van der Waals surface area contributed by atoms with Gasteiger partial charge in [-0.05, 0) is 57.0 Å². The molecule has 0 aliphatic heterocycles. The molecule has 2 rings (SSSR count). The summed E-state index contributed by atoms with van der Waals surface area (Å²) in [5, 5.41) is 3.44. The summed E-state index contributed by atoms with van der Waals surface area (Å²) < 4.78 is 11.4. The van der Waals surface area contributed by atoms with Crippen LogP contribution in [0.2, 0.25) is 0 Å². The zero-order valence-electron chi connectivity index (χ0n) is 15.0. The minimum absolute atomic E-state index is 0.317. The van der Waals surface area contributed by atoms with Crippen LogP contribution in [0.3, 0.4) is 0 Å². The lowest BCUT2D eigenvalue weighted by Gasteiger charge is -2.09. The molecule has 3 nitrogen and oxygen atoms in total. The number of ether oxygens (including phenoxy) is 2. The number of benzene rings is 2. The second-order valence-electron chi connectivity index (χ2n) is 6.37. The van der Waals surface area contributed by atoms with Crippen molar-refractivity contribution in [1.82, 2.24) is 5.32 Å². The van der Waals surface area contributed by atoms with E-state index in [9.17, 15) is 0 Å². The Morgan fingerprint density at radius 2 is 1.79 bits per heavy atom. The van der Waals surface area contributed by atoms with Gasteiger partial charge in [-0.15, -0.1) is 0 Å². The highest BCUT2D eigenvalue weighted by atomic mass is 16.5. The zero-order chi connectivity index (χ0) is 17.2. The number of rotatable bonds is 10. The first-order chi connectivity index (χ1) is 11.6. The van der Waals surface area contributed by atoms with Crippen LogP contribution in [0.5, 0.6) is 5.75 Å². The second kappa shape index (κ2) is 10.1. The summed E-state index contributed by atoms with van der Waals surface area (Å²) in [5.74, 6) is 0.908. The van der Waals surface area contributed by atoms with Gasteiger partial charge in [-0.1, -0.05) is 42.0 Å². The summed E-state index contributed by atoms with van der Waals surface area (Å²) in [7, 11) is 0. The van der Waals surface area contributed by atoms with E-state index in [1.54, 1.807) is 0 Å². The maximum absolute atomic E-state index is 5.85. The maximum Gasteiger partial charge on any atom is 0.119 e. The Hall–Kier alpha value is -1.84. The Bertz CT molecular complexity index is 593. The van der Waals surface area contributed by atoms with Crippen molar-refractivity contribution in [3.8, 4) is 5.75 Å². The summed E-state index contributed by atoms with van der Waals surface area (Å²) in [6.07, 6.45) is 1.35. The maximum atomic E-state index is 5.85. The fraction of sp³-hybridized carbons (Fsp3) is 0.429. The summed E-state index contributed by atoms with van der Waals surface area (Å²) >= 11 is 0. The standard InChI is InChI=1S/C21H29NO2/c1-17(2)23-13-5-12-22-15-19-8-10-21(11-9-19)24-16-20-7-4-6-18(3)14-20/h4,6-11,14,17,22H,5,12-13,15-16H2,1-3H3. The van der Waals surface area contributed by atoms with Crippen LogP contribution >= 0.6 is 0 Å². The van der Waals surface area contributed by atoms with Crippen molar-refractivity contribution in [1.29, 1.82) is 0 Å². The third-order valence-electron chi connectivity index (χ3n) is 3.69. The molecule has 3 heteroatoms. The molecule has 0 unspecified atom stereocenters. The van der Waals surface area contributed by atoms with E-state index in [-0.39, 0.29) is 0 Å². The fourth-order valence-corrected chi connectivity index (χ4v) is 2.42. The highest BCUT2D eigenvalue weighted by molar-refractivity contribution is 5.28. The van der Waals surface area contributed by atoms with Gasteiger partial charge in [-0.2, -0.15) is 0 Å². The Kier molecular flexibility index (Phi) is 7.80. The second-order valence-corrected chi connectivity index (χ2v) is 6.37. The van der Waals surface area contributed by atoms with Gasteiger partial charge in [0.15, 0.2) is 0 Å². The molecule has 0 saturated heterocycles. The molecular formula is C21H29NO2. The van der Waals surface area contributed by atoms with E-state index in [1.807, 2.05) is 12.1 Å². The first kappa shape index (κ1) is 18.5. The normalized spacial score (nSPS) is 11.0. The van der Waals surface area contributed by atoms with Gasteiger partial charge in [0, 0.05) is 13.2 Å². The molecule has 0 bridgehead atoms. The van der Waals surface area contributed by atoms with Gasteiger partial charge in [0.05, 0.1) is 6.10 Å². The smallest absolute Gasteiger partial charge is 0.119 e. The third kappa shape index (κ3) is 7.16. The average molecular weight is 327 g/mol. The molecule has 0 heterocycles. The van der Waals surface area contributed by atoms with E-state index in [0.29, 0.717) is 12.7 Å². The Labute approximate surface area is 146 Å². The molecular weight excluding hydrogens is 298 g/mol. The Morgan fingerprint density at radius 3 is 2.50 bits per heavy atom. The molecule has 24 heavy (non-hydrogen) atoms. The van der Waals surface area contributed by atoms with Gasteiger partial charge in [-0.3, -0.25) is 0 Å². The van der Waals surface area contributed by atoms with Gasteiger partial charge in [0.1, 0.15) is 12.4 Å². The topological polar surface area (TPSA) is 30.5 Å². The van der Waals surface area contributed by atoms with Crippen LogP contribution in [0, 0.1) is 6.92 Å². The van der Waals surface area contributed by atoms with Gasteiger partial charge in [0.2, 0.25) is 0 Å². The van der Waals surface area contributed by atoms with E-state index in [0.717, 1.165) is 31.9 Å².